The van der Waals surface area contributed by atoms with Crippen LogP contribution in [0.4, 0.5) is 13.2 Å². The highest BCUT2D eigenvalue weighted by Crippen LogP contribution is 2.23. The average molecular weight is 172 g/mol. The molecule has 4 heteroatoms. The van der Waals surface area contributed by atoms with Crippen molar-refractivity contribution in [3.05, 3.63) is 35.8 Å². The third kappa shape index (κ3) is 0.809. The standard InChI is InChI=1S/C8H3F3O/c9-5-3-6(10)7(11)8-4(5)1-2-12-8/h1-3H. The Kier molecular flexibility index (Phi) is 1.36. The predicted octanol–water partition coefficient (Wildman–Crippen LogP) is 2.85. The lowest BCUT2D eigenvalue weighted by atomic mass is 10.2. The normalized spacial score (nSPS) is 10.9. The summed E-state index contributed by atoms with van der Waals surface area (Å²) >= 11 is 0. The number of rotatable bonds is 0. The molecule has 0 N–H and O–H groups in total. The number of fused-ring (bicyclic) bond motifs is 1. The summed E-state index contributed by atoms with van der Waals surface area (Å²) in [6.45, 7) is 0. The quantitative estimate of drug-likeness (QED) is 0.557. The molecule has 1 nitrogen and oxygen atoms in total. The first-order valence-corrected chi connectivity index (χ1v) is 3.21. The molecule has 0 saturated carbocycles. The second kappa shape index (κ2) is 2.27. The van der Waals surface area contributed by atoms with Crippen LogP contribution in [0.1, 0.15) is 0 Å². The maximum absolute atomic E-state index is 12.8. The van der Waals surface area contributed by atoms with Crippen molar-refractivity contribution in [2.45, 2.75) is 0 Å². The highest BCUT2D eigenvalue weighted by atomic mass is 19.2. The highest BCUT2D eigenvalue weighted by molar-refractivity contribution is 5.78. The SMILES string of the molecule is Fc1cc(F)c2ccoc2c1F. The van der Waals surface area contributed by atoms with E-state index in [0.717, 1.165) is 6.26 Å². The molecule has 1 heterocycles. The maximum atomic E-state index is 12.8. The van der Waals surface area contributed by atoms with Crippen LogP contribution in [0.2, 0.25) is 0 Å². The molecule has 0 unspecified atom stereocenters. The van der Waals surface area contributed by atoms with Crippen molar-refractivity contribution in [3.63, 3.8) is 0 Å². The molecule has 12 heavy (non-hydrogen) atoms. The van der Waals surface area contributed by atoms with Crippen molar-refractivity contribution in [2.24, 2.45) is 0 Å². The van der Waals surface area contributed by atoms with Crippen LogP contribution >= 0.6 is 0 Å². The molecule has 2 aromatic rings. The van der Waals surface area contributed by atoms with Crippen molar-refractivity contribution in [3.8, 4) is 0 Å². The number of hydrogen-bond acceptors (Lipinski definition) is 1. The van der Waals surface area contributed by atoms with Gasteiger partial charge < -0.3 is 4.42 Å². The van der Waals surface area contributed by atoms with Crippen LogP contribution in [-0.4, -0.2) is 0 Å². The van der Waals surface area contributed by atoms with Crippen molar-refractivity contribution in [1.29, 1.82) is 0 Å². The van der Waals surface area contributed by atoms with Crippen LogP contribution in [0.15, 0.2) is 22.8 Å². The molecule has 0 amide bonds. The molecule has 0 bridgehead atoms. The van der Waals surface area contributed by atoms with E-state index in [2.05, 4.69) is 4.42 Å². The second-order valence-electron chi connectivity index (χ2n) is 2.32. The first kappa shape index (κ1) is 7.21. The van der Waals surface area contributed by atoms with Gasteiger partial charge in [0.25, 0.3) is 0 Å². The minimum absolute atomic E-state index is 0.0473. The van der Waals surface area contributed by atoms with Gasteiger partial charge in [0.15, 0.2) is 11.4 Å². The molecule has 1 aromatic heterocycles. The molecule has 0 atom stereocenters. The Labute approximate surface area is 65.4 Å². The van der Waals surface area contributed by atoms with Gasteiger partial charge >= 0.3 is 0 Å². The fraction of sp³-hybridized carbons (Fsp3) is 0. The molecule has 62 valence electrons. The van der Waals surface area contributed by atoms with Gasteiger partial charge in [0.05, 0.1) is 11.6 Å². The van der Waals surface area contributed by atoms with Gasteiger partial charge in [-0.1, -0.05) is 0 Å². The smallest absolute Gasteiger partial charge is 0.202 e. The monoisotopic (exact) mass is 172 g/mol. The van der Waals surface area contributed by atoms with Gasteiger partial charge in [0.1, 0.15) is 5.82 Å². The van der Waals surface area contributed by atoms with Crippen molar-refractivity contribution < 1.29 is 17.6 Å². The zero-order chi connectivity index (χ0) is 8.72. The van der Waals surface area contributed by atoms with E-state index in [1.165, 1.54) is 6.07 Å². The Balaban J connectivity index is 2.97. The third-order valence-corrected chi connectivity index (χ3v) is 1.59. The zero-order valence-corrected chi connectivity index (χ0v) is 5.77. The number of hydrogen-bond donors (Lipinski definition) is 0. The number of benzene rings is 1. The van der Waals surface area contributed by atoms with Crippen LogP contribution in [-0.2, 0) is 0 Å². The third-order valence-electron chi connectivity index (χ3n) is 1.59. The van der Waals surface area contributed by atoms with E-state index in [4.69, 9.17) is 0 Å². The minimum Gasteiger partial charge on any atom is -0.461 e. The summed E-state index contributed by atoms with van der Waals surface area (Å²) in [7, 11) is 0. The van der Waals surface area contributed by atoms with Crippen LogP contribution in [0.3, 0.4) is 0 Å². The van der Waals surface area contributed by atoms with Gasteiger partial charge in [-0.25, -0.2) is 8.78 Å². The molecule has 0 fully saturated rings. The molecule has 0 spiro atoms. The molecule has 0 aliphatic rings. The lowest BCUT2D eigenvalue weighted by Gasteiger charge is -1.94. The van der Waals surface area contributed by atoms with E-state index >= 15 is 0 Å². The zero-order valence-electron chi connectivity index (χ0n) is 5.77. The van der Waals surface area contributed by atoms with Gasteiger partial charge in [0.2, 0.25) is 5.82 Å². The molecule has 1 aromatic carbocycles. The van der Waals surface area contributed by atoms with Crippen LogP contribution in [0.5, 0.6) is 0 Å². The Morgan fingerprint density at radius 3 is 2.58 bits per heavy atom. The highest BCUT2D eigenvalue weighted by Gasteiger charge is 2.14. The first-order valence-electron chi connectivity index (χ1n) is 3.21. The largest absolute Gasteiger partial charge is 0.461 e. The Hall–Kier alpha value is -1.45. The number of halogens is 3. The second-order valence-corrected chi connectivity index (χ2v) is 2.32. The van der Waals surface area contributed by atoms with Crippen LogP contribution in [0, 0.1) is 17.5 Å². The fourth-order valence-corrected chi connectivity index (χ4v) is 1.03. The van der Waals surface area contributed by atoms with E-state index in [0.29, 0.717) is 6.07 Å². The topological polar surface area (TPSA) is 13.1 Å². The van der Waals surface area contributed by atoms with E-state index in [9.17, 15) is 13.2 Å². The van der Waals surface area contributed by atoms with Gasteiger partial charge in [-0.05, 0) is 6.07 Å². The first-order chi connectivity index (χ1) is 5.70. The molecule has 0 aliphatic heterocycles. The van der Waals surface area contributed by atoms with Gasteiger partial charge in [-0.2, -0.15) is 4.39 Å². The van der Waals surface area contributed by atoms with Gasteiger partial charge in [-0.3, -0.25) is 0 Å². The maximum Gasteiger partial charge on any atom is 0.202 e. The Bertz CT molecular complexity index is 433. The molecule has 0 aliphatic carbocycles. The average Bonchev–Trinajstić information content (AvgIpc) is 2.48. The molecule has 0 saturated heterocycles. The van der Waals surface area contributed by atoms with Gasteiger partial charge in [0, 0.05) is 6.07 Å². The Morgan fingerprint density at radius 2 is 1.83 bits per heavy atom. The van der Waals surface area contributed by atoms with Crippen LogP contribution < -0.4 is 0 Å². The summed E-state index contributed by atoms with van der Waals surface area (Å²) in [5, 5.41) is -0.0473. The van der Waals surface area contributed by atoms with E-state index < -0.39 is 17.5 Å². The van der Waals surface area contributed by atoms with Crippen molar-refractivity contribution >= 4 is 11.0 Å². The lowest BCUT2D eigenvalue weighted by Crippen LogP contribution is -1.86. The summed E-state index contributed by atoms with van der Waals surface area (Å²) < 4.78 is 42.6. The van der Waals surface area contributed by atoms with E-state index in [1.54, 1.807) is 0 Å². The van der Waals surface area contributed by atoms with E-state index in [1.807, 2.05) is 0 Å². The fourth-order valence-electron chi connectivity index (χ4n) is 1.03. The lowest BCUT2D eigenvalue weighted by molar-refractivity contribution is 0.483. The summed E-state index contributed by atoms with van der Waals surface area (Å²) in [5.74, 6) is -3.22. The number of furan rings is 1. The molecular formula is C8H3F3O. The predicted molar refractivity (Wildman–Crippen MR) is 36.1 cm³/mol. The Morgan fingerprint density at radius 1 is 1.08 bits per heavy atom. The minimum atomic E-state index is -1.24. The summed E-state index contributed by atoms with van der Waals surface area (Å²) in [4.78, 5) is 0. The molecule has 0 radical (unpaired) electrons. The summed E-state index contributed by atoms with van der Waals surface area (Å²) in [6.07, 6.45) is 1.11. The molecule has 2 rings (SSSR count). The van der Waals surface area contributed by atoms with Gasteiger partial charge in [-0.15, -0.1) is 0 Å². The molecular weight excluding hydrogens is 169 g/mol. The van der Waals surface area contributed by atoms with Crippen molar-refractivity contribution in [1.82, 2.24) is 0 Å². The van der Waals surface area contributed by atoms with Crippen molar-refractivity contribution in [2.75, 3.05) is 0 Å². The van der Waals surface area contributed by atoms with E-state index in [-0.39, 0.29) is 11.0 Å². The summed E-state index contributed by atoms with van der Waals surface area (Å²) in [6, 6.07) is 1.74. The van der Waals surface area contributed by atoms with Crippen LogP contribution in [0.25, 0.3) is 11.0 Å². The summed E-state index contributed by atoms with van der Waals surface area (Å²) in [5.41, 5.74) is -0.382.